The van der Waals surface area contributed by atoms with Crippen molar-refractivity contribution in [2.24, 2.45) is 0 Å². The van der Waals surface area contributed by atoms with Gasteiger partial charge in [-0.25, -0.2) is 4.98 Å². The lowest BCUT2D eigenvalue weighted by atomic mass is 10.4. The van der Waals surface area contributed by atoms with Crippen molar-refractivity contribution < 1.29 is 0 Å². The Hall–Kier alpha value is -0.210. The molecule has 1 heterocycles. The van der Waals surface area contributed by atoms with Gasteiger partial charge in [0.25, 0.3) is 0 Å². The molecule has 12 heavy (non-hydrogen) atoms. The lowest BCUT2D eigenvalue weighted by molar-refractivity contribution is 0.894. The van der Waals surface area contributed by atoms with Gasteiger partial charge in [0.1, 0.15) is 0 Å². The highest BCUT2D eigenvalue weighted by Crippen LogP contribution is 2.18. The van der Waals surface area contributed by atoms with Crippen molar-refractivity contribution >= 4 is 23.4 Å². The highest BCUT2D eigenvalue weighted by Gasteiger charge is 1.94. The molecule has 0 atom stereocenters. The van der Waals surface area contributed by atoms with Crippen LogP contribution < -0.4 is 0 Å². The average Bonchev–Trinajstić information content (AvgIpc) is 2.09. The van der Waals surface area contributed by atoms with Crippen molar-refractivity contribution in [1.29, 1.82) is 0 Å². The first-order valence-electron chi connectivity index (χ1n) is 4.07. The number of pyridine rings is 1. The van der Waals surface area contributed by atoms with Crippen molar-refractivity contribution in [2.45, 2.75) is 24.8 Å². The van der Waals surface area contributed by atoms with E-state index in [1.54, 1.807) is 18.0 Å². The minimum absolute atomic E-state index is 0.704. The lowest BCUT2D eigenvalue weighted by Gasteiger charge is -1.98. The zero-order valence-electron chi connectivity index (χ0n) is 7.09. The molecule has 0 amide bonds. The molecule has 0 saturated heterocycles. The van der Waals surface area contributed by atoms with E-state index in [-0.39, 0.29) is 0 Å². The van der Waals surface area contributed by atoms with Crippen LogP contribution in [0, 0.1) is 0 Å². The molecule has 1 nitrogen and oxygen atoms in total. The molecule has 0 radical (unpaired) electrons. The molecule has 0 aliphatic rings. The molecule has 1 aromatic heterocycles. The Morgan fingerprint density at radius 1 is 1.50 bits per heavy atom. The van der Waals surface area contributed by atoms with Crippen LogP contribution in [0.5, 0.6) is 0 Å². The number of hydrogen-bond acceptors (Lipinski definition) is 2. The predicted octanol–water partition coefficient (Wildman–Crippen LogP) is 3.63. The Balaban J connectivity index is 2.37. The molecule has 66 valence electrons. The summed E-state index contributed by atoms with van der Waals surface area (Å²) in [7, 11) is 0. The van der Waals surface area contributed by atoms with E-state index in [1.165, 1.54) is 12.8 Å². The number of hydrogen-bond donors (Lipinski definition) is 0. The third kappa shape index (κ3) is 3.46. The van der Waals surface area contributed by atoms with E-state index in [0.29, 0.717) is 5.02 Å². The van der Waals surface area contributed by atoms with Gasteiger partial charge in [-0.15, -0.1) is 11.8 Å². The summed E-state index contributed by atoms with van der Waals surface area (Å²) in [4.78, 5) is 4.18. The van der Waals surface area contributed by atoms with Gasteiger partial charge in [-0.3, -0.25) is 0 Å². The summed E-state index contributed by atoms with van der Waals surface area (Å²) in [6, 6.07) is 3.84. The zero-order chi connectivity index (χ0) is 8.81. The van der Waals surface area contributed by atoms with Crippen molar-refractivity contribution in [3.8, 4) is 0 Å². The quantitative estimate of drug-likeness (QED) is 0.545. The summed E-state index contributed by atoms with van der Waals surface area (Å²) >= 11 is 7.49. The van der Waals surface area contributed by atoms with E-state index in [1.807, 2.05) is 12.1 Å². The Morgan fingerprint density at radius 2 is 2.33 bits per heavy atom. The van der Waals surface area contributed by atoms with Crippen LogP contribution in [0.2, 0.25) is 5.02 Å². The van der Waals surface area contributed by atoms with E-state index in [2.05, 4.69) is 11.9 Å². The monoisotopic (exact) mass is 201 g/mol. The van der Waals surface area contributed by atoms with Crippen molar-refractivity contribution in [3.63, 3.8) is 0 Å². The summed E-state index contributed by atoms with van der Waals surface area (Å²) in [5.74, 6) is 1.14. The van der Waals surface area contributed by atoms with Crippen LogP contribution in [0.1, 0.15) is 19.8 Å². The molecule has 0 saturated carbocycles. The van der Waals surface area contributed by atoms with Crippen LogP contribution in [-0.2, 0) is 0 Å². The molecule has 3 heteroatoms. The van der Waals surface area contributed by atoms with Gasteiger partial charge in [0.2, 0.25) is 0 Å². The highest BCUT2D eigenvalue weighted by atomic mass is 35.5. The molecule has 0 aliphatic carbocycles. The molecule has 0 aromatic carbocycles. The third-order valence-corrected chi connectivity index (χ3v) is 2.70. The van der Waals surface area contributed by atoms with Crippen LogP contribution in [0.4, 0.5) is 0 Å². The number of halogens is 1. The van der Waals surface area contributed by atoms with Gasteiger partial charge in [0.15, 0.2) is 0 Å². The Labute approximate surface area is 82.5 Å². The molecular formula is C9H12ClNS. The highest BCUT2D eigenvalue weighted by molar-refractivity contribution is 7.99. The first-order chi connectivity index (χ1) is 5.83. The molecule has 0 fully saturated rings. The number of rotatable bonds is 4. The normalized spacial score (nSPS) is 10.2. The van der Waals surface area contributed by atoms with Gasteiger partial charge in [-0.1, -0.05) is 24.9 Å². The fourth-order valence-electron chi connectivity index (χ4n) is 0.769. The predicted molar refractivity (Wildman–Crippen MR) is 54.9 cm³/mol. The summed E-state index contributed by atoms with van der Waals surface area (Å²) in [5, 5.41) is 1.77. The van der Waals surface area contributed by atoms with Gasteiger partial charge >= 0.3 is 0 Å². The SMILES string of the molecule is CCCCSc1ccc(Cl)cn1. The van der Waals surface area contributed by atoms with E-state index in [0.717, 1.165) is 10.8 Å². The van der Waals surface area contributed by atoms with Crippen LogP contribution >= 0.6 is 23.4 Å². The lowest BCUT2D eigenvalue weighted by Crippen LogP contribution is -1.81. The second kappa shape index (κ2) is 5.44. The molecule has 0 N–H and O–H groups in total. The molecule has 0 bridgehead atoms. The van der Waals surface area contributed by atoms with E-state index < -0.39 is 0 Å². The number of aromatic nitrogens is 1. The summed E-state index contributed by atoms with van der Waals surface area (Å²) in [6.07, 6.45) is 4.17. The van der Waals surface area contributed by atoms with E-state index >= 15 is 0 Å². The first kappa shape index (κ1) is 9.87. The van der Waals surface area contributed by atoms with Crippen molar-refractivity contribution in [3.05, 3.63) is 23.4 Å². The largest absolute Gasteiger partial charge is 0.248 e. The van der Waals surface area contributed by atoms with Gasteiger partial charge in [0.05, 0.1) is 10.0 Å². The average molecular weight is 202 g/mol. The molecule has 0 unspecified atom stereocenters. The van der Waals surface area contributed by atoms with Gasteiger partial charge < -0.3 is 0 Å². The number of unbranched alkanes of at least 4 members (excludes halogenated alkanes) is 1. The summed E-state index contributed by atoms with van der Waals surface area (Å²) in [5.41, 5.74) is 0. The van der Waals surface area contributed by atoms with E-state index in [9.17, 15) is 0 Å². The second-order valence-corrected chi connectivity index (χ2v) is 4.07. The zero-order valence-corrected chi connectivity index (χ0v) is 8.66. The van der Waals surface area contributed by atoms with Crippen LogP contribution in [0.15, 0.2) is 23.4 Å². The molecule has 1 aromatic rings. The topological polar surface area (TPSA) is 12.9 Å². The first-order valence-corrected chi connectivity index (χ1v) is 5.43. The second-order valence-electron chi connectivity index (χ2n) is 2.52. The third-order valence-electron chi connectivity index (χ3n) is 1.45. The van der Waals surface area contributed by atoms with Gasteiger partial charge in [0, 0.05) is 6.20 Å². The number of nitrogens with zero attached hydrogens (tertiary/aromatic N) is 1. The fraction of sp³-hybridized carbons (Fsp3) is 0.444. The maximum atomic E-state index is 5.70. The van der Waals surface area contributed by atoms with Crippen molar-refractivity contribution in [1.82, 2.24) is 4.98 Å². The minimum Gasteiger partial charge on any atom is -0.248 e. The maximum absolute atomic E-state index is 5.70. The Kier molecular flexibility index (Phi) is 4.48. The van der Waals surface area contributed by atoms with Gasteiger partial charge in [-0.2, -0.15) is 0 Å². The van der Waals surface area contributed by atoms with Crippen molar-refractivity contribution in [2.75, 3.05) is 5.75 Å². The van der Waals surface area contributed by atoms with Crippen LogP contribution in [0.3, 0.4) is 0 Å². The van der Waals surface area contributed by atoms with Crippen LogP contribution in [0.25, 0.3) is 0 Å². The Morgan fingerprint density at radius 3 is 2.92 bits per heavy atom. The minimum atomic E-state index is 0.704. The summed E-state index contributed by atoms with van der Waals surface area (Å²) < 4.78 is 0. The standard InChI is InChI=1S/C9H12ClNS/c1-2-3-6-12-9-5-4-8(10)7-11-9/h4-5,7H,2-3,6H2,1H3. The van der Waals surface area contributed by atoms with Crippen LogP contribution in [-0.4, -0.2) is 10.7 Å². The molecule has 0 spiro atoms. The number of thioether (sulfide) groups is 1. The smallest absolute Gasteiger partial charge is 0.0960 e. The molecule has 1 rings (SSSR count). The maximum Gasteiger partial charge on any atom is 0.0960 e. The molecular weight excluding hydrogens is 190 g/mol. The fourth-order valence-corrected chi connectivity index (χ4v) is 1.81. The van der Waals surface area contributed by atoms with E-state index in [4.69, 9.17) is 11.6 Å². The summed E-state index contributed by atoms with van der Waals surface area (Å²) in [6.45, 7) is 2.19. The molecule has 0 aliphatic heterocycles. The van der Waals surface area contributed by atoms with Gasteiger partial charge in [-0.05, 0) is 24.3 Å². The Bertz CT molecular complexity index is 222.